The Morgan fingerprint density at radius 3 is 3.00 bits per heavy atom. The first kappa shape index (κ1) is 15.8. The van der Waals surface area contributed by atoms with E-state index < -0.39 is 0 Å². The monoisotopic (exact) mass is 321 g/mol. The van der Waals surface area contributed by atoms with Gasteiger partial charge in [0.1, 0.15) is 6.54 Å². The highest BCUT2D eigenvalue weighted by Crippen LogP contribution is 2.25. The van der Waals surface area contributed by atoms with E-state index in [1.165, 1.54) is 0 Å². The number of carbonyl (C=O) groups excluding carboxylic acids is 2. The van der Waals surface area contributed by atoms with E-state index in [0.29, 0.717) is 37.8 Å². The number of urea groups is 1. The molecular formula is C15H23N5O3. The lowest BCUT2D eigenvalue weighted by Gasteiger charge is -2.34. The Labute approximate surface area is 135 Å². The highest BCUT2D eigenvalue weighted by Gasteiger charge is 2.29. The third kappa shape index (κ3) is 3.62. The van der Waals surface area contributed by atoms with E-state index in [4.69, 9.17) is 4.52 Å². The zero-order valence-corrected chi connectivity index (χ0v) is 13.5. The van der Waals surface area contributed by atoms with Crippen molar-refractivity contribution in [2.45, 2.75) is 38.5 Å². The second-order valence-corrected chi connectivity index (χ2v) is 6.09. The summed E-state index contributed by atoms with van der Waals surface area (Å²) in [5, 5.41) is 6.80. The maximum absolute atomic E-state index is 12.5. The number of hydrogen-bond acceptors (Lipinski definition) is 5. The number of nitrogens with zero attached hydrogens (tertiary/aromatic N) is 4. The van der Waals surface area contributed by atoms with Gasteiger partial charge in [-0.05, 0) is 19.3 Å². The molecule has 2 aliphatic heterocycles. The average Bonchev–Trinajstić information content (AvgIpc) is 3.06. The Balaban J connectivity index is 1.59. The van der Waals surface area contributed by atoms with Gasteiger partial charge in [0, 0.05) is 38.5 Å². The van der Waals surface area contributed by atoms with Crippen LogP contribution in [0.5, 0.6) is 0 Å². The van der Waals surface area contributed by atoms with Gasteiger partial charge in [-0.25, -0.2) is 4.79 Å². The minimum Gasteiger partial charge on any atom is -0.340 e. The molecule has 3 heterocycles. The molecule has 3 rings (SSSR count). The molecule has 0 saturated carbocycles. The molecule has 3 amide bonds. The summed E-state index contributed by atoms with van der Waals surface area (Å²) in [5.41, 5.74) is 0. The Kier molecular flexibility index (Phi) is 4.78. The molecule has 126 valence electrons. The number of piperidine rings is 1. The molecule has 1 aromatic heterocycles. The van der Waals surface area contributed by atoms with E-state index in [2.05, 4.69) is 15.5 Å². The number of rotatable bonds is 4. The molecule has 23 heavy (non-hydrogen) atoms. The maximum atomic E-state index is 12.5. The Morgan fingerprint density at radius 1 is 1.39 bits per heavy atom. The normalized spacial score (nSPS) is 22.1. The fraction of sp³-hybridized carbons (Fsp3) is 0.733. The highest BCUT2D eigenvalue weighted by molar-refractivity contribution is 5.84. The summed E-state index contributed by atoms with van der Waals surface area (Å²) in [7, 11) is 0. The molecule has 1 N–H and O–H groups in total. The maximum Gasteiger partial charge on any atom is 0.317 e. The smallest absolute Gasteiger partial charge is 0.317 e. The summed E-state index contributed by atoms with van der Waals surface area (Å²) in [4.78, 5) is 32.0. The van der Waals surface area contributed by atoms with Crippen LogP contribution in [0.1, 0.15) is 43.8 Å². The van der Waals surface area contributed by atoms with Crippen molar-refractivity contribution in [1.82, 2.24) is 25.3 Å². The number of nitrogens with one attached hydrogen (secondary N) is 1. The van der Waals surface area contributed by atoms with Gasteiger partial charge >= 0.3 is 6.03 Å². The van der Waals surface area contributed by atoms with Crippen LogP contribution in [0.3, 0.4) is 0 Å². The van der Waals surface area contributed by atoms with E-state index in [1.807, 2.05) is 11.8 Å². The predicted octanol–water partition coefficient (Wildman–Crippen LogP) is 0.753. The fourth-order valence-corrected chi connectivity index (χ4v) is 3.08. The first-order chi connectivity index (χ1) is 11.2. The van der Waals surface area contributed by atoms with Crippen molar-refractivity contribution in [3.8, 4) is 0 Å². The Morgan fingerprint density at radius 2 is 2.26 bits per heavy atom. The molecular weight excluding hydrogens is 298 g/mol. The lowest BCUT2D eigenvalue weighted by atomic mass is 9.97. The summed E-state index contributed by atoms with van der Waals surface area (Å²) in [6.07, 6.45) is 3.46. The number of aromatic nitrogens is 2. The topological polar surface area (TPSA) is 91.6 Å². The van der Waals surface area contributed by atoms with Crippen molar-refractivity contribution in [3.05, 3.63) is 11.7 Å². The second kappa shape index (κ2) is 6.97. The summed E-state index contributed by atoms with van der Waals surface area (Å²) < 4.78 is 5.17. The van der Waals surface area contributed by atoms with Gasteiger partial charge in [0.15, 0.2) is 5.82 Å². The van der Waals surface area contributed by atoms with Gasteiger partial charge in [-0.15, -0.1) is 0 Å². The lowest BCUT2D eigenvalue weighted by Crippen LogP contribution is -2.51. The summed E-state index contributed by atoms with van der Waals surface area (Å²) >= 11 is 0. The van der Waals surface area contributed by atoms with E-state index in [0.717, 1.165) is 25.8 Å². The highest BCUT2D eigenvalue weighted by atomic mass is 16.5. The van der Waals surface area contributed by atoms with Gasteiger partial charge < -0.3 is 19.6 Å². The minimum atomic E-state index is -0.149. The molecule has 2 fully saturated rings. The van der Waals surface area contributed by atoms with Crippen molar-refractivity contribution in [2.24, 2.45) is 0 Å². The Hall–Kier alpha value is -2.12. The molecule has 8 nitrogen and oxygen atoms in total. The SMILES string of the molecule is CCc1nc(C2CCCN(C(=O)CN3CCCNC3=O)C2)no1. The van der Waals surface area contributed by atoms with Gasteiger partial charge in [-0.1, -0.05) is 12.1 Å². The molecule has 2 aliphatic rings. The number of carbonyl (C=O) groups is 2. The van der Waals surface area contributed by atoms with Crippen LogP contribution >= 0.6 is 0 Å². The van der Waals surface area contributed by atoms with Crippen LogP contribution in [-0.4, -0.2) is 64.6 Å². The van der Waals surface area contributed by atoms with Gasteiger partial charge in [0.25, 0.3) is 0 Å². The van der Waals surface area contributed by atoms with Crippen LogP contribution in [0.4, 0.5) is 4.79 Å². The van der Waals surface area contributed by atoms with E-state index in [-0.39, 0.29) is 24.4 Å². The van der Waals surface area contributed by atoms with Crippen molar-refractivity contribution in [1.29, 1.82) is 0 Å². The van der Waals surface area contributed by atoms with Crippen LogP contribution in [0.2, 0.25) is 0 Å². The number of amides is 3. The lowest BCUT2D eigenvalue weighted by molar-refractivity contribution is -0.133. The molecule has 0 radical (unpaired) electrons. The van der Waals surface area contributed by atoms with E-state index in [1.54, 1.807) is 4.90 Å². The number of hydrogen-bond donors (Lipinski definition) is 1. The largest absolute Gasteiger partial charge is 0.340 e. The molecule has 2 saturated heterocycles. The standard InChI is InChI=1S/C15H23N5O3/c1-2-12-17-14(18-23-12)11-5-3-7-19(9-11)13(21)10-20-8-4-6-16-15(20)22/h11H,2-10H2,1H3,(H,16,22). The molecule has 1 aromatic rings. The average molecular weight is 321 g/mol. The van der Waals surface area contributed by atoms with E-state index in [9.17, 15) is 9.59 Å². The Bertz CT molecular complexity index is 573. The van der Waals surface area contributed by atoms with Crippen molar-refractivity contribution < 1.29 is 14.1 Å². The van der Waals surface area contributed by atoms with Crippen molar-refractivity contribution >= 4 is 11.9 Å². The number of likely N-dealkylation sites (tertiary alicyclic amines) is 1. The molecule has 0 spiro atoms. The van der Waals surface area contributed by atoms with Gasteiger partial charge in [-0.2, -0.15) is 4.98 Å². The molecule has 0 bridgehead atoms. The first-order valence-corrected chi connectivity index (χ1v) is 8.30. The van der Waals surface area contributed by atoms with E-state index >= 15 is 0 Å². The molecule has 8 heteroatoms. The first-order valence-electron chi connectivity index (χ1n) is 8.30. The summed E-state index contributed by atoms with van der Waals surface area (Å²) in [5.74, 6) is 1.43. The van der Waals surface area contributed by atoms with Crippen LogP contribution in [0, 0.1) is 0 Å². The van der Waals surface area contributed by atoms with Crippen LogP contribution in [-0.2, 0) is 11.2 Å². The third-order valence-corrected chi connectivity index (χ3v) is 4.42. The van der Waals surface area contributed by atoms with Crippen LogP contribution in [0.25, 0.3) is 0 Å². The molecule has 1 unspecified atom stereocenters. The molecule has 0 aromatic carbocycles. The van der Waals surface area contributed by atoms with Gasteiger partial charge in [0.2, 0.25) is 11.8 Å². The molecule has 0 aliphatic carbocycles. The van der Waals surface area contributed by atoms with Gasteiger partial charge in [-0.3, -0.25) is 4.79 Å². The fourth-order valence-electron chi connectivity index (χ4n) is 3.08. The second-order valence-electron chi connectivity index (χ2n) is 6.09. The van der Waals surface area contributed by atoms with Gasteiger partial charge in [0.05, 0.1) is 0 Å². The van der Waals surface area contributed by atoms with Crippen LogP contribution in [0.15, 0.2) is 4.52 Å². The van der Waals surface area contributed by atoms with Crippen molar-refractivity contribution in [3.63, 3.8) is 0 Å². The third-order valence-electron chi connectivity index (χ3n) is 4.42. The quantitative estimate of drug-likeness (QED) is 0.883. The summed E-state index contributed by atoms with van der Waals surface area (Å²) in [6.45, 7) is 4.76. The minimum absolute atomic E-state index is 0.00837. The molecule has 1 atom stereocenters. The zero-order chi connectivity index (χ0) is 16.2. The predicted molar refractivity (Wildman–Crippen MR) is 81.8 cm³/mol. The van der Waals surface area contributed by atoms with Crippen LogP contribution < -0.4 is 5.32 Å². The van der Waals surface area contributed by atoms with Crippen molar-refractivity contribution in [2.75, 3.05) is 32.7 Å². The summed E-state index contributed by atoms with van der Waals surface area (Å²) in [6, 6.07) is -0.149. The zero-order valence-electron chi connectivity index (χ0n) is 13.5. The number of aryl methyl sites for hydroxylation is 1.